The average molecular weight is 613 g/mol. The molecule has 0 aromatic carbocycles. The number of alkyl halides is 2. The number of piperidine rings is 1. The second-order valence-corrected chi connectivity index (χ2v) is 13.7. The van der Waals surface area contributed by atoms with Gasteiger partial charge in [-0.3, -0.25) is 19.2 Å². The summed E-state index contributed by atoms with van der Waals surface area (Å²) in [5, 5.41) is 10.9. The second kappa shape index (κ2) is 13.6. The monoisotopic (exact) mass is 611 g/mol. The van der Waals surface area contributed by atoms with E-state index in [0.29, 0.717) is 6.42 Å². The van der Waals surface area contributed by atoms with Crippen molar-refractivity contribution in [3.05, 3.63) is 25.3 Å². The van der Waals surface area contributed by atoms with Crippen molar-refractivity contribution in [1.82, 2.24) is 26.2 Å². The van der Waals surface area contributed by atoms with Crippen molar-refractivity contribution in [1.29, 1.82) is 0 Å². The van der Waals surface area contributed by atoms with E-state index in [1.807, 2.05) is 20.8 Å². The van der Waals surface area contributed by atoms with E-state index in [1.165, 1.54) is 11.0 Å². The Hall–Kier alpha value is -2.59. The SMILES string of the molecule is C=CCCC(NC(=O)[C@@H]1[C@H]2[C@@H](CN1C(=O)C(NC(=O)NC(C)(C)C)C1CCCCC1)C2(Cl)Cl)C(=O)C(=O)NCC=C. The van der Waals surface area contributed by atoms with Gasteiger partial charge in [0, 0.05) is 30.5 Å². The summed E-state index contributed by atoms with van der Waals surface area (Å²) in [4.78, 5) is 67.5. The molecule has 1 heterocycles. The number of urea groups is 1. The van der Waals surface area contributed by atoms with Gasteiger partial charge in [-0.25, -0.2) is 4.79 Å². The first kappa shape index (κ1) is 32.9. The van der Waals surface area contributed by atoms with Crippen LogP contribution in [-0.4, -0.2) is 75.5 Å². The van der Waals surface area contributed by atoms with Gasteiger partial charge in [0.1, 0.15) is 16.4 Å². The van der Waals surface area contributed by atoms with Crippen molar-refractivity contribution in [3.63, 3.8) is 0 Å². The third-order valence-corrected chi connectivity index (χ3v) is 9.03. The number of hydrogen-bond donors (Lipinski definition) is 4. The minimum absolute atomic E-state index is 0.0881. The average Bonchev–Trinajstić information content (AvgIpc) is 3.23. The van der Waals surface area contributed by atoms with Crippen LogP contribution in [0.3, 0.4) is 0 Å². The maximum absolute atomic E-state index is 14.1. The highest BCUT2D eigenvalue weighted by atomic mass is 35.5. The summed E-state index contributed by atoms with van der Waals surface area (Å²) < 4.78 is -1.20. The van der Waals surface area contributed by atoms with E-state index in [9.17, 15) is 24.0 Å². The van der Waals surface area contributed by atoms with E-state index in [-0.39, 0.29) is 37.3 Å². The summed E-state index contributed by atoms with van der Waals surface area (Å²) in [5.74, 6) is -3.62. The molecule has 1 saturated heterocycles. The lowest BCUT2D eigenvalue weighted by molar-refractivity contribution is -0.144. The first-order chi connectivity index (χ1) is 19.2. The molecule has 3 aliphatic rings. The number of amides is 5. The van der Waals surface area contributed by atoms with Crippen molar-refractivity contribution in [2.45, 2.75) is 93.7 Å². The minimum Gasteiger partial charge on any atom is -0.346 e. The van der Waals surface area contributed by atoms with E-state index < -0.39 is 57.5 Å². The Balaban J connectivity index is 1.85. The lowest BCUT2D eigenvalue weighted by Gasteiger charge is -2.37. The molecule has 0 aromatic rings. The molecule has 0 radical (unpaired) electrons. The molecule has 0 spiro atoms. The zero-order chi connectivity index (χ0) is 30.5. The number of nitrogens with one attached hydrogen (secondary N) is 4. The lowest BCUT2D eigenvalue weighted by atomic mass is 9.83. The fourth-order valence-corrected chi connectivity index (χ4v) is 6.73. The molecule has 0 bridgehead atoms. The van der Waals surface area contributed by atoms with Gasteiger partial charge < -0.3 is 26.2 Å². The van der Waals surface area contributed by atoms with E-state index in [2.05, 4.69) is 34.4 Å². The third kappa shape index (κ3) is 8.03. The molecule has 228 valence electrons. The lowest BCUT2D eigenvalue weighted by Crippen LogP contribution is -2.61. The van der Waals surface area contributed by atoms with Crippen LogP contribution in [0.1, 0.15) is 65.7 Å². The van der Waals surface area contributed by atoms with Gasteiger partial charge in [-0.1, -0.05) is 31.4 Å². The Morgan fingerprint density at radius 3 is 2.27 bits per heavy atom. The van der Waals surface area contributed by atoms with Crippen LogP contribution < -0.4 is 21.3 Å². The summed E-state index contributed by atoms with van der Waals surface area (Å²) in [6.07, 6.45) is 8.05. The van der Waals surface area contributed by atoms with Crippen molar-refractivity contribution >= 4 is 52.7 Å². The molecule has 5 atom stereocenters. The van der Waals surface area contributed by atoms with Gasteiger partial charge in [-0.2, -0.15) is 0 Å². The normalized spacial score (nSPS) is 24.7. The highest BCUT2D eigenvalue weighted by molar-refractivity contribution is 6.51. The van der Waals surface area contributed by atoms with Gasteiger partial charge in [0.05, 0.1) is 6.04 Å². The quantitative estimate of drug-likeness (QED) is 0.153. The van der Waals surface area contributed by atoms with Gasteiger partial charge >= 0.3 is 6.03 Å². The molecule has 3 rings (SSSR count). The highest BCUT2D eigenvalue weighted by Crippen LogP contribution is 2.65. The van der Waals surface area contributed by atoms with Gasteiger partial charge in [-0.15, -0.1) is 36.4 Å². The molecular formula is C29H43Cl2N5O5. The number of ketones is 1. The second-order valence-electron chi connectivity index (χ2n) is 12.3. The number of carbonyl (C=O) groups excluding carboxylic acids is 5. The summed E-state index contributed by atoms with van der Waals surface area (Å²) in [6, 6.07) is -3.49. The number of nitrogens with zero attached hydrogens (tertiary/aromatic N) is 1. The first-order valence-electron chi connectivity index (χ1n) is 14.3. The predicted molar refractivity (Wildman–Crippen MR) is 158 cm³/mol. The van der Waals surface area contributed by atoms with Crippen LogP contribution in [0, 0.1) is 17.8 Å². The Kier molecular flexibility index (Phi) is 10.9. The van der Waals surface area contributed by atoms with E-state index in [0.717, 1.165) is 32.1 Å². The predicted octanol–water partition coefficient (Wildman–Crippen LogP) is 2.99. The van der Waals surface area contributed by atoms with Crippen molar-refractivity contribution in [2.24, 2.45) is 17.8 Å². The fourth-order valence-electron chi connectivity index (χ4n) is 5.90. The molecule has 2 aliphatic carbocycles. The summed E-state index contributed by atoms with van der Waals surface area (Å²) in [5.41, 5.74) is -0.510. The highest BCUT2D eigenvalue weighted by Gasteiger charge is 2.74. The maximum atomic E-state index is 14.1. The molecular weight excluding hydrogens is 569 g/mol. The largest absolute Gasteiger partial charge is 0.346 e. The summed E-state index contributed by atoms with van der Waals surface area (Å²) in [7, 11) is 0. The van der Waals surface area contributed by atoms with Gasteiger partial charge in [0.25, 0.3) is 5.91 Å². The van der Waals surface area contributed by atoms with Crippen LogP contribution in [0.2, 0.25) is 0 Å². The Morgan fingerprint density at radius 2 is 1.68 bits per heavy atom. The van der Waals surface area contributed by atoms with E-state index in [1.54, 1.807) is 6.08 Å². The van der Waals surface area contributed by atoms with Crippen LogP contribution in [0.5, 0.6) is 0 Å². The molecule has 5 amide bonds. The molecule has 12 heteroatoms. The van der Waals surface area contributed by atoms with E-state index in [4.69, 9.17) is 23.2 Å². The summed E-state index contributed by atoms with van der Waals surface area (Å²) >= 11 is 13.0. The number of likely N-dealkylation sites (tertiary alicyclic amines) is 1. The zero-order valence-electron chi connectivity index (χ0n) is 24.1. The van der Waals surface area contributed by atoms with Crippen molar-refractivity contribution in [2.75, 3.05) is 13.1 Å². The zero-order valence-corrected chi connectivity index (χ0v) is 25.7. The molecule has 2 saturated carbocycles. The topological polar surface area (TPSA) is 137 Å². The fraction of sp³-hybridized carbons (Fsp3) is 0.690. The molecule has 1 aliphatic heterocycles. The molecule has 2 unspecified atom stereocenters. The molecule has 0 aromatic heterocycles. The van der Waals surface area contributed by atoms with Gasteiger partial charge in [-0.05, 0) is 52.4 Å². The number of allylic oxidation sites excluding steroid dienone is 1. The van der Waals surface area contributed by atoms with Crippen LogP contribution >= 0.6 is 23.2 Å². The van der Waals surface area contributed by atoms with Crippen molar-refractivity contribution < 1.29 is 24.0 Å². The number of Topliss-reactive ketones (excluding diaryl/α,β-unsaturated/α-hetero) is 1. The van der Waals surface area contributed by atoms with Gasteiger partial charge in [0.15, 0.2) is 0 Å². The molecule has 10 nitrogen and oxygen atoms in total. The number of halogens is 2. The van der Waals surface area contributed by atoms with Crippen LogP contribution in [0.4, 0.5) is 4.79 Å². The maximum Gasteiger partial charge on any atom is 0.315 e. The van der Waals surface area contributed by atoms with E-state index >= 15 is 0 Å². The van der Waals surface area contributed by atoms with Crippen molar-refractivity contribution in [3.8, 4) is 0 Å². The number of hydrogen-bond acceptors (Lipinski definition) is 5. The minimum atomic E-state index is -1.20. The number of fused-ring (bicyclic) bond motifs is 1. The first-order valence-corrected chi connectivity index (χ1v) is 15.1. The molecule has 4 N–H and O–H groups in total. The number of carbonyl (C=O) groups is 5. The standard InChI is InChI=1S/C29H43Cl2N5O5/c1-6-8-14-19(23(37)25(39)32-15-7-2)33-24(38)22-20-18(29(20,30)31)16-36(22)26(40)21(17-12-10-9-11-13-17)34-27(41)35-28(3,4)5/h6-7,17-22H,1-2,8-16H2,3-5H3,(H,32,39)(H,33,38)(H2,34,35,41)/t18-,19?,20-,21?,22+/m1/s1. The Morgan fingerprint density at radius 1 is 1.02 bits per heavy atom. The Labute approximate surface area is 252 Å². The smallest absolute Gasteiger partial charge is 0.315 e. The summed E-state index contributed by atoms with van der Waals surface area (Å²) in [6.45, 7) is 13.0. The van der Waals surface area contributed by atoms with Crippen LogP contribution in [0.15, 0.2) is 25.3 Å². The molecule has 41 heavy (non-hydrogen) atoms. The third-order valence-electron chi connectivity index (χ3n) is 7.97. The Bertz CT molecular complexity index is 1050. The number of rotatable bonds is 12. The van der Waals surface area contributed by atoms with Crippen LogP contribution in [0.25, 0.3) is 0 Å². The van der Waals surface area contributed by atoms with Crippen LogP contribution in [-0.2, 0) is 19.2 Å². The van der Waals surface area contributed by atoms with Gasteiger partial charge in [0.2, 0.25) is 17.6 Å². The molecule has 3 fully saturated rings.